The van der Waals surface area contributed by atoms with Crippen molar-refractivity contribution in [2.24, 2.45) is 0 Å². The maximum Gasteiger partial charge on any atom is 0.125 e. The number of halogens is 4. The predicted molar refractivity (Wildman–Crippen MR) is 83.3 cm³/mol. The van der Waals surface area contributed by atoms with Gasteiger partial charge in [0.1, 0.15) is 5.82 Å². The van der Waals surface area contributed by atoms with Crippen molar-refractivity contribution < 1.29 is 4.39 Å². The first-order valence-electron chi connectivity index (χ1n) is 5.74. The smallest absolute Gasteiger partial charge is 0.125 e. The van der Waals surface area contributed by atoms with Crippen molar-refractivity contribution >= 4 is 36.4 Å². The molecule has 0 aliphatic carbocycles. The molecule has 0 saturated carbocycles. The highest BCUT2D eigenvalue weighted by molar-refractivity contribution is 6.30. The number of nitrogens with one attached hydrogen (secondary N) is 1. The summed E-state index contributed by atoms with van der Waals surface area (Å²) in [5, 5.41) is 3.72. The monoisotopic (exact) mass is 326 g/mol. The van der Waals surface area contributed by atoms with Gasteiger partial charge in [0.15, 0.2) is 0 Å². The van der Waals surface area contributed by atoms with Crippen molar-refractivity contribution in [3.63, 3.8) is 0 Å². The fourth-order valence-corrected chi connectivity index (χ4v) is 2.43. The summed E-state index contributed by atoms with van der Waals surface area (Å²) in [4.78, 5) is 2.27. The maximum atomic E-state index is 13.3. The summed E-state index contributed by atoms with van der Waals surface area (Å²) in [6, 6.07) is 4.69. The Labute approximate surface area is 130 Å². The van der Waals surface area contributed by atoms with Gasteiger partial charge in [-0.15, -0.1) is 31.4 Å². The van der Waals surface area contributed by atoms with Crippen molar-refractivity contribution in [2.45, 2.75) is 6.04 Å². The van der Waals surface area contributed by atoms with Crippen LogP contribution in [0.25, 0.3) is 0 Å². The second-order valence-corrected chi connectivity index (χ2v) is 4.61. The number of hydrogen-bond acceptors (Lipinski definition) is 2. The van der Waals surface area contributed by atoms with E-state index in [-0.39, 0.29) is 36.7 Å². The number of hydrogen-bond donors (Lipinski definition) is 1. The molecule has 1 aliphatic rings. The second-order valence-electron chi connectivity index (χ2n) is 4.17. The Kier molecular flexibility index (Phi) is 8.62. The topological polar surface area (TPSA) is 15.3 Å². The highest BCUT2D eigenvalue weighted by atomic mass is 35.5. The molecule has 1 aromatic rings. The average molecular weight is 328 g/mol. The van der Waals surface area contributed by atoms with Gasteiger partial charge >= 0.3 is 0 Å². The zero-order valence-electron chi connectivity index (χ0n) is 10.4. The van der Waals surface area contributed by atoms with E-state index in [2.05, 4.69) is 16.8 Å². The molecule has 0 aromatic heterocycles. The standard InChI is InChI=1S/C13H16ClFN2.2ClH/c1-2-13(17-5-3-16-4-6-17)10-7-11(14)9-12(15)8-10;;/h2,7-9,13,16H,1,3-6H2;2*1H/t13-;;/m0../s1. The molecule has 19 heavy (non-hydrogen) atoms. The van der Waals surface area contributed by atoms with Crippen LogP contribution in [0.1, 0.15) is 11.6 Å². The summed E-state index contributed by atoms with van der Waals surface area (Å²) >= 11 is 5.88. The molecule has 6 heteroatoms. The van der Waals surface area contributed by atoms with E-state index in [4.69, 9.17) is 11.6 Å². The van der Waals surface area contributed by atoms with Gasteiger partial charge < -0.3 is 5.32 Å². The van der Waals surface area contributed by atoms with Crippen molar-refractivity contribution in [3.8, 4) is 0 Å². The number of piperazine rings is 1. The van der Waals surface area contributed by atoms with Gasteiger partial charge in [-0.05, 0) is 23.8 Å². The summed E-state index contributed by atoms with van der Waals surface area (Å²) in [5.74, 6) is -0.297. The number of benzene rings is 1. The van der Waals surface area contributed by atoms with E-state index in [0.717, 1.165) is 31.7 Å². The van der Waals surface area contributed by atoms with Gasteiger partial charge in [0, 0.05) is 31.2 Å². The maximum absolute atomic E-state index is 13.3. The summed E-state index contributed by atoms with van der Waals surface area (Å²) < 4.78 is 13.3. The first-order valence-corrected chi connectivity index (χ1v) is 6.12. The zero-order chi connectivity index (χ0) is 12.3. The van der Waals surface area contributed by atoms with Gasteiger partial charge in [-0.2, -0.15) is 0 Å². The van der Waals surface area contributed by atoms with Crippen LogP contribution >= 0.6 is 36.4 Å². The summed E-state index contributed by atoms with van der Waals surface area (Å²) in [6.07, 6.45) is 1.84. The van der Waals surface area contributed by atoms with Gasteiger partial charge in [0.25, 0.3) is 0 Å². The molecule has 0 bridgehead atoms. The second kappa shape index (κ2) is 8.77. The van der Waals surface area contributed by atoms with Crippen LogP contribution in [0.2, 0.25) is 5.02 Å². The molecule has 2 rings (SSSR count). The Bertz CT molecular complexity index is 389. The summed E-state index contributed by atoms with van der Waals surface area (Å²) in [5.41, 5.74) is 0.868. The van der Waals surface area contributed by atoms with E-state index in [1.54, 1.807) is 6.07 Å². The SMILES string of the molecule is C=C[C@@H](c1cc(F)cc(Cl)c1)N1CCNCC1.Cl.Cl. The van der Waals surface area contributed by atoms with E-state index in [9.17, 15) is 4.39 Å². The van der Waals surface area contributed by atoms with Crippen molar-refractivity contribution in [1.82, 2.24) is 10.2 Å². The Morgan fingerprint density at radius 3 is 2.42 bits per heavy atom. The Morgan fingerprint density at radius 1 is 1.26 bits per heavy atom. The quantitative estimate of drug-likeness (QED) is 0.855. The Morgan fingerprint density at radius 2 is 1.89 bits per heavy atom. The average Bonchev–Trinajstić information content (AvgIpc) is 2.30. The van der Waals surface area contributed by atoms with Gasteiger partial charge in [-0.1, -0.05) is 17.7 Å². The first kappa shape index (κ1) is 18.7. The third-order valence-corrected chi connectivity index (χ3v) is 3.21. The van der Waals surface area contributed by atoms with E-state index in [1.807, 2.05) is 6.08 Å². The lowest BCUT2D eigenvalue weighted by atomic mass is 10.0. The zero-order valence-corrected chi connectivity index (χ0v) is 12.8. The number of nitrogens with zero attached hydrogens (tertiary/aromatic N) is 1. The molecule has 0 amide bonds. The summed E-state index contributed by atoms with van der Waals surface area (Å²) in [7, 11) is 0. The third-order valence-electron chi connectivity index (χ3n) is 2.99. The summed E-state index contributed by atoms with van der Waals surface area (Å²) in [6.45, 7) is 7.62. The molecule has 1 saturated heterocycles. The first-order chi connectivity index (χ1) is 8.20. The van der Waals surface area contributed by atoms with Gasteiger partial charge in [-0.25, -0.2) is 4.39 Å². The van der Waals surface area contributed by atoms with Crippen molar-refractivity contribution in [1.29, 1.82) is 0 Å². The molecular formula is C13H18Cl3FN2. The van der Waals surface area contributed by atoms with Crippen LogP contribution in [-0.2, 0) is 0 Å². The molecule has 1 aliphatic heterocycles. The molecular weight excluding hydrogens is 310 g/mol. The van der Waals surface area contributed by atoms with Crippen LogP contribution < -0.4 is 5.32 Å². The minimum Gasteiger partial charge on any atom is -0.314 e. The molecule has 0 spiro atoms. The van der Waals surface area contributed by atoms with E-state index < -0.39 is 0 Å². The van der Waals surface area contributed by atoms with Crippen LogP contribution in [0.4, 0.5) is 4.39 Å². The van der Waals surface area contributed by atoms with Crippen molar-refractivity contribution in [2.75, 3.05) is 26.2 Å². The molecule has 2 nitrogen and oxygen atoms in total. The van der Waals surface area contributed by atoms with Crippen LogP contribution in [0.15, 0.2) is 30.9 Å². The van der Waals surface area contributed by atoms with Crippen LogP contribution in [-0.4, -0.2) is 31.1 Å². The molecule has 1 N–H and O–H groups in total. The van der Waals surface area contributed by atoms with Crippen LogP contribution in [0.3, 0.4) is 0 Å². The molecule has 108 valence electrons. The molecule has 1 fully saturated rings. The lowest BCUT2D eigenvalue weighted by Crippen LogP contribution is -2.44. The fourth-order valence-electron chi connectivity index (χ4n) is 2.20. The Hall–Kier alpha value is -0.320. The normalized spacial score (nSPS) is 16.9. The van der Waals surface area contributed by atoms with E-state index in [1.165, 1.54) is 12.1 Å². The van der Waals surface area contributed by atoms with E-state index in [0.29, 0.717) is 5.02 Å². The van der Waals surface area contributed by atoms with Gasteiger partial charge in [-0.3, -0.25) is 4.90 Å². The number of rotatable bonds is 3. The third kappa shape index (κ3) is 4.93. The minimum atomic E-state index is -0.297. The van der Waals surface area contributed by atoms with Crippen LogP contribution in [0.5, 0.6) is 0 Å². The minimum absolute atomic E-state index is 0. The fraction of sp³-hybridized carbons (Fsp3) is 0.385. The lowest BCUT2D eigenvalue weighted by Gasteiger charge is -2.33. The lowest BCUT2D eigenvalue weighted by molar-refractivity contribution is 0.203. The molecule has 1 heterocycles. The molecule has 0 radical (unpaired) electrons. The molecule has 1 atom stereocenters. The molecule has 0 unspecified atom stereocenters. The highest BCUT2D eigenvalue weighted by Gasteiger charge is 2.20. The van der Waals surface area contributed by atoms with Crippen molar-refractivity contribution in [3.05, 3.63) is 47.3 Å². The van der Waals surface area contributed by atoms with Crippen LogP contribution in [0, 0.1) is 5.82 Å². The molecule has 1 aromatic carbocycles. The largest absolute Gasteiger partial charge is 0.314 e. The Balaban J connectivity index is 0.00000162. The van der Waals surface area contributed by atoms with Gasteiger partial charge in [0.2, 0.25) is 0 Å². The predicted octanol–water partition coefficient (Wildman–Crippen LogP) is 3.46. The van der Waals surface area contributed by atoms with E-state index >= 15 is 0 Å². The highest BCUT2D eigenvalue weighted by Crippen LogP contribution is 2.25. The van der Waals surface area contributed by atoms with Gasteiger partial charge in [0.05, 0.1) is 6.04 Å².